The first kappa shape index (κ1) is 18.3. The van der Waals surface area contributed by atoms with Gasteiger partial charge in [0.25, 0.3) is 0 Å². The molecular weight excluding hydrogens is 340 g/mol. The summed E-state index contributed by atoms with van der Waals surface area (Å²) >= 11 is 0. The van der Waals surface area contributed by atoms with E-state index in [-0.39, 0.29) is 29.3 Å². The number of fused-ring (bicyclic) bond motifs is 1. The number of piperidine rings is 1. The summed E-state index contributed by atoms with van der Waals surface area (Å²) in [5.41, 5.74) is 5.94. The maximum Gasteiger partial charge on any atom is 0.243 e. The quantitative estimate of drug-likeness (QED) is 0.883. The first-order valence-electron chi connectivity index (χ1n) is 7.64. The van der Waals surface area contributed by atoms with Crippen molar-refractivity contribution in [3.8, 4) is 11.5 Å². The Morgan fingerprint density at radius 3 is 2.65 bits per heavy atom. The zero-order valence-corrected chi connectivity index (χ0v) is 14.7. The summed E-state index contributed by atoms with van der Waals surface area (Å²) in [6, 6.07) is 4.80. The largest absolute Gasteiger partial charge is 0.486 e. The fourth-order valence-corrected chi connectivity index (χ4v) is 4.51. The number of hydrogen-bond acceptors (Lipinski definition) is 5. The molecule has 2 aliphatic rings. The number of sulfonamides is 1. The number of hydrogen-bond donors (Lipinski definition) is 1. The van der Waals surface area contributed by atoms with E-state index in [0.29, 0.717) is 37.8 Å². The summed E-state index contributed by atoms with van der Waals surface area (Å²) in [5, 5.41) is 0. The van der Waals surface area contributed by atoms with E-state index >= 15 is 0 Å². The molecule has 2 unspecified atom stereocenters. The molecule has 1 aromatic rings. The maximum absolute atomic E-state index is 12.8. The van der Waals surface area contributed by atoms with Gasteiger partial charge in [0.15, 0.2) is 11.5 Å². The van der Waals surface area contributed by atoms with Crippen molar-refractivity contribution >= 4 is 22.4 Å². The van der Waals surface area contributed by atoms with Gasteiger partial charge in [0, 0.05) is 25.2 Å². The second kappa shape index (κ2) is 7.25. The lowest BCUT2D eigenvalue weighted by Gasteiger charge is -2.33. The molecule has 0 amide bonds. The molecule has 2 heterocycles. The van der Waals surface area contributed by atoms with Gasteiger partial charge in [-0.3, -0.25) is 0 Å². The Balaban J connectivity index is 0.00000192. The Morgan fingerprint density at radius 1 is 1.26 bits per heavy atom. The molecule has 6 nitrogen and oxygen atoms in total. The summed E-state index contributed by atoms with van der Waals surface area (Å²) in [7, 11) is -3.52. The zero-order valence-electron chi connectivity index (χ0n) is 13.1. The Kier molecular flexibility index (Phi) is 5.78. The molecule has 0 bridgehead atoms. The molecule has 130 valence electrons. The van der Waals surface area contributed by atoms with E-state index in [4.69, 9.17) is 15.2 Å². The highest BCUT2D eigenvalue weighted by atomic mass is 35.5. The Hall–Kier alpha value is -1.02. The molecule has 0 aromatic heterocycles. The third kappa shape index (κ3) is 3.74. The number of nitrogens with two attached hydrogens (primary N) is 1. The van der Waals surface area contributed by atoms with Crippen LogP contribution in [0, 0.1) is 5.92 Å². The minimum atomic E-state index is -3.52. The van der Waals surface area contributed by atoms with E-state index in [1.54, 1.807) is 18.2 Å². The van der Waals surface area contributed by atoms with Crippen LogP contribution in [-0.4, -0.2) is 45.1 Å². The smallest absolute Gasteiger partial charge is 0.243 e. The van der Waals surface area contributed by atoms with Gasteiger partial charge >= 0.3 is 0 Å². The summed E-state index contributed by atoms with van der Waals surface area (Å²) in [4.78, 5) is 0.252. The van der Waals surface area contributed by atoms with Crippen LogP contribution in [0.15, 0.2) is 23.1 Å². The van der Waals surface area contributed by atoms with Gasteiger partial charge in [0.2, 0.25) is 10.0 Å². The number of halogens is 1. The van der Waals surface area contributed by atoms with Crippen LogP contribution < -0.4 is 15.2 Å². The van der Waals surface area contributed by atoms with Crippen LogP contribution in [0.4, 0.5) is 0 Å². The average Bonchev–Trinajstić information content (AvgIpc) is 2.54. The first-order valence-corrected chi connectivity index (χ1v) is 9.08. The van der Waals surface area contributed by atoms with Crippen LogP contribution >= 0.6 is 12.4 Å². The molecule has 0 saturated carbocycles. The summed E-state index contributed by atoms with van der Waals surface area (Å²) in [6.45, 7) is 3.88. The monoisotopic (exact) mass is 362 g/mol. The highest BCUT2D eigenvalue weighted by molar-refractivity contribution is 7.89. The van der Waals surface area contributed by atoms with E-state index < -0.39 is 10.0 Å². The van der Waals surface area contributed by atoms with Crippen LogP contribution in [-0.2, 0) is 10.0 Å². The van der Waals surface area contributed by atoms with E-state index in [1.165, 1.54) is 4.31 Å². The molecular formula is C15H23ClN2O4S. The van der Waals surface area contributed by atoms with Crippen molar-refractivity contribution in [3.63, 3.8) is 0 Å². The third-order valence-electron chi connectivity index (χ3n) is 4.32. The lowest BCUT2D eigenvalue weighted by molar-refractivity contribution is 0.171. The van der Waals surface area contributed by atoms with Crippen molar-refractivity contribution in [2.45, 2.75) is 30.7 Å². The highest BCUT2D eigenvalue weighted by Crippen LogP contribution is 2.34. The molecule has 0 spiro atoms. The standard InChI is InChI=1S/C15H22N2O4S.ClH/c1-11(16)12-3-2-6-17(10-12)22(18,19)13-4-5-14-15(9-13)21-8-7-20-14;/h4-5,9,11-12H,2-3,6-8,10,16H2,1H3;1H. The maximum atomic E-state index is 12.8. The molecule has 2 aliphatic heterocycles. The second-order valence-electron chi connectivity index (χ2n) is 5.93. The molecule has 3 rings (SSSR count). The molecule has 2 N–H and O–H groups in total. The van der Waals surface area contributed by atoms with E-state index in [0.717, 1.165) is 12.8 Å². The van der Waals surface area contributed by atoms with Gasteiger partial charge in [0.05, 0.1) is 4.90 Å². The normalized spacial score (nSPS) is 23.0. The predicted molar refractivity (Wildman–Crippen MR) is 89.8 cm³/mol. The van der Waals surface area contributed by atoms with Crippen LogP contribution in [0.25, 0.3) is 0 Å². The van der Waals surface area contributed by atoms with Gasteiger partial charge in [-0.2, -0.15) is 4.31 Å². The molecule has 8 heteroatoms. The van der Waals surface area contributed by atoms with Crippen LogP contribution in [0.2, 0.25) is 0 Å². The van der Waals surface area contributed by atoms with Crippen molar-refractivity contribution in [2.24, 2.45) is 11.7 Å². The van der Waals surface area contributed by atoms with Crippen LogP contribution in [0.3, 0.4) is 0 Å². The third-order valence-corrected chi connectivity index (χ3v) is 6.18. The fourth-order valence-electron chi connectivity index (χ4n) is 2.95. The van der Waals surface area contributed by atoms with E-state index in [9.17, 15) is 8.42 Å². The Labute approximate surface area is 143 Å². The van der Waals surface area contributed by atoms with Gasteiger partial charge in [-0.15, -0.1) is 12.4 Å². The van der Waals surface area contributed by atoms with Crippen molar-refractivity contribution in [2.75, 3.05) is 26.3 Å². The first-order chi connectivity index (χ1) is 10.5. The SMILES string of the molecule is CC(N)C1CCCN(S(=O)(=O)c2ccc3c(c2)OCCO3)C1.Cl. The molecule has 1 aromatic carbocycles. The summed E-state index contributed by atoms with van der Waals surface area (Å²) in [6.07, 6.45) is 1.82. The van der Waals surface area contributed by atoms with Crippen LogP contribution in [0.1, 0.15) is 19.8 Å². The lowest BCUT2D eigenvalue weighted by atomic mass is 9.93. The molecule has 23 heavy (non-hydrogen) atoms. The van der Waals surface area contributed by atoms with Gasteiger partial charge in [-0.1, -0.05) is 0 Å². The summed E-state index contributed by atoms with van der Waals surface area (Å²) in [5.74, 6) is 1.30. The van der Waals surface area contributed by atoms with Gasteiger partial charge < -0.3 is 15.2 Å². The van der Waals surface area contributed by atoms with Crippen molar-refractivity contribution in [3.05, 3.63) is 18.2 Å². The van der Waals surface area contributed by atoms with Crippen molar-refractivity contribution < 1.29 is 17.9 Å². The molecule has 2 atom stereocenters. The molecule has 1 fully saturated rings. The molecule has 0 radical (unpaired) electrons. The average molecular weight is 363 g/mol. The number of ether oxygens (including phenoxy) is 2. The van der Waals surface area contributed by atoms with Crippen molar-refractivity contribution in [1.29, 1.82) is 0 Å². The van der Waals surface area contributed by atoms with Gasteiger partial charge in [0.1, 0.15) is 13.2 Å². The summed E-state index contributed by atoms with van der Waals surface area (Å²) < 4.78 is 38.1. The Morgan fingerprint density at radius 2 is 1.96 bits per heavy atom. The van der Waals surface area contributed by atoms with Gasteiger partial charge in [-0.05, 0) is 37.8 Å². The molecule has 0 aliphatic carbocycles. The zero-order chi connectivity index (χ0) is 15.7. The van der Waals surface area contributed by atoms with E-state index in [1.807, 2.05) is 6.92 Å². The highest BCUT2D eigenvalue weighted by Gasteiger charge is 2.32. The minimum Gasteiger partial charge on any atom is -0.486 e. The van der Waals surface area contributed by atoms with Crippen LogP contribution in [0.5, 0.6) is 11.5 Å². The number of rotatable bonds is 3. The lowest BCUT2D eigenvalue weighted by Crippen LogP contribution is -2.44. The fraction of sp³-hybridized carbons (Fsp3) is 0.600. The van der Waals surface area contributed by atoms with Gasteiger partial charge in [-0.25, -0.2) is 8.42 Å². The number of benzene rings is 1. The topological polar surface area (TPSA) is 81.9 Å². The van der Waals surface area contributed by atoms with E-state index in [2.05, 4.69) is 0 Å². The Bertz CT molecular complexity index is 651. The van der Waals surface area contributed by atoms with Crippen molar-refractivity contribution in [1.82, 2.24) is 4.31 Å². The number of nitrogens with zero attached hydrogens (tertiary/aromatic N) is 1. The molecule has 1 saturated heterocycles. The predicted octanol–water partition coefficient (Wildman–Crippen LogP) is 1.63. The minimum absolute atomic E-state index is 0. The second-order valence-corrected chi connectivity index (χ2v) is 7.87.